The second kappa shape index (κ2) is 12.4. The van der Waals surface area contributed by atoms with E-state index in [1.165, 1.54) is 0 Å². The number of amides is 1. The maximum atomic E-state index is 12.4. The number of para-hydroxylation sites is 1. The van der Waals surface area contributed by atoms with Crippen LogP contribution in [0.3, 0.4) is 0 Å². The summed E-state index contributed by atoms with van der Waals surface area (Å²) in [7, 11) is 0. The fourth-order valence-corrected chi connectivity index (χ4v) is 2.63. The predicted molar refractivity (Wildman–Crippen MR) is 95.6 cm³/mol. The molecular formula is C18H26N2O6Tc. The Labute approximate surface area is 169 Å². The molecule has 0 aliphatic carbocycles. The van der Waals surface area contributed by atoms with Gasteiger partial charge in [-0.05, 0) is 23.0 Å². The maximum absolute atomic E-state index is 12.4. The Morgan fingerprint density at radius 1 is 0.926 bits per heavy atom. The van der Waals surface area contributed by atoms with Gasteiger partial charge < -0.3 is 15.5 Å². The Bertz CT molecular complexity index is 621. The summed E-state index contributed by atoms with van der Waals surface area (Å²) in [5, 5.41) is 20.6. The molecule has 3 N–H and O–H groups in total. The summed E-state index contributed by atoms with van der Waals surface area (Å²) >= 11 is 0.900. The van der Waals surface area contributed by atoms with Crippen molar-refractivity contribution in [3.63, 3.8) is 0 Å². The number of aliphatic carboxylic acids is 2. The molecule has 9 heteroatoms. The zero-order chi connectivity index (χ0) is 21.1. The molecule has 1 rings (SSSR count). The number of carboxylic acid groups (broad SMARTS) is 2. The van der Waals surface area contributed by atoms with Gasteiger partial charge in [-0.2, -0.15) is 0 Å². The van der Waals surface area contributed by atoms with Crippen LogP contribution in [-0.4, -0.2) is 52.6 Å². The number of anilines is 1. The van der Waals surface area contributed by atoms with E-state index in [0.29, 0.717) is 0 Å². The van der Waals surface area contributed by atoms with Gasteiger partial charge in [0.15, 0.2) is 0 Å². The molecule has 0 aliphatic rings. The van der Waals surface area contributed by atoms with Crippen LogP contribution in [0.25, 0.3) is 0 Å². The van der Waals surface area contributed by atoms with Gasteiger partial charge in [-0.3, -0.25) is 19.3 Å². The number of carbonyl (C=O) groups is 3. The predicted octanol–water partition coefficient (Wildman–Crippen LogP) is 2.22. The molecule has 0 bridgehead atoms. The second-order valence-corrected chi connectivity index (χ2v) is 6.60. The molecule has 1 aromatic rings. The molecule has 0 aliphatic heterocycles. The molecule has 27 heavy (non-hydrogen) atoms. The molecule has 151 valence electrons. The van der Waals surface area contributed by atoms with Gasteiger partial charge in [-0.25, -0.2) is 0 Å². The van der Waals surface area contributed by atoms with Crippen molar-refractivity contribution in [2.75, 3.05) is 25.0 Å². The van der Waals surface area contributed by atoms with Crippen molar-refractivity contribution in [3.8, 4) is 0 Å². The summed E-state index contributed by atoms with van der Waals surface area (Å²) in [6.07, 6.45) is 0. The second-order valence-electron chi connectivity index (χ2n) is 6.60. The van der Waals surface area contributed by atoms with Crippen molar-refractivity contribution >= 4 is 23.5 Å². The van der Waals surface area contributed by atoms with Crippen molar-refractivity contribution < 1.29 is 47.0 Å². The van der Waals surface area contributed by atoms with Gasteiger partial charge in [0, 0.05) is 5.69 Å². The minimum atomic E-state index is -1.18. The Morgan fingerprint density at radius 3 is 1.67 bits per heavy atom. The van der Waals surface area contributed by atoms with Crippen LogP contribution in [0.5, 0.6) is 0 Å². The summed E-state index contributed by atoms with van der Waals surface area (Å²) < 4.78 is 8.22. The van der Waals surface area contributed by atoms with Crippen LogP contribution >= 0.6 is 0 Å². The third kappa shape index (κ3) is 8.99. The van der Waals surface area contributed by atoms with Crippen molar-refractivity contribution in [1.82, 2.24) is 4.90 Å². The van der Waals surface area contributed by atoms with E-state index < -0.39 is 30.9 Å². The number of carbonyl (C=O) groups excluding carboxylic acids is 1. The van der Waals surface area contributed by atoms with E-state index in [0.717, 1.165) is 40.6 Å². The minimum absolute atomic E-state index is 0.197. The van der Waals surface area contributed by atoms with Crippen LogP contribution in [0.15, 0.2) is 18.2 Å². The Morgan fingerprint density at radius 2 is 1.33 bits per heavy atom. The fraction of sp³-hybridized carbons (Fsp3) is 0.500. The van der Waals surface area contributed by atoms with Gasteiger partial charge in [-0.1, -0.05) is 45.9 Å². The molecule has 0 spiro atoms. The molecule has 0 unspecified atom stereocenters. The number of nitrogens with zero attached hydrogens (tertiary/aromatic N) is 1. The van der Waals surface area contributed by atoms with E-state index >= 15 is 0 Å². The Kier molecular flexibility index (Phi) is 11.5. The number of carboxylic acids is 2. The molecule has 0 saturated heterocycles. The first-order valence-corrected chi connectivity index (χ1v) is 9.11. The van der Waals surface area contributed by atoms with Gasteiger partial charge in [0.05, 0.1) is 19.6 Å². The summed E-state index contributed by atoms with van der Waals surface area (Å²) in [5.41, 5.74) is 2.70. The Balaban J connectivity index is 0.00000326. The first-order chi connectivity index (χ1) is 12.6. The van der Waals surface area contributed by atoms with Crippen LogP contribution in [0.4, 0.5) is 5.69 Å². The van der Waals surface area contributed by atoms with Crippen LogP contribution in [0.2, 0.25) is 0 Å². The quantitative estimate of drug-likeness (QED) is 0.511. The molecule has 0 atom stereocenters. The van der Waals surface area contributed by atoms with Crippen molar-refractivity contribution in [2.24, 2.45) is 0 Å². The van der Waals surface area contributed by atoms with Gasteiger partial charge in [0.25, 0.3) is 0 Å². The molecule has 0 radical (unpaired) electrons. The number of hydrogen-bond donors (Lipinski definition) is 3. The standard InChI is InChI=1S/C18H26N2O5.O.Tc/c1-11(2)13-6-5-7-14(12(3)4)18(13)19-15(21)8-20(9-16(22)23)10-17(24)25;;/h5-7,11-12H,8-10H2,1-4H3,(H,19,21)(H,22,23)(H,24,25);;/i;;1+1. The fourth-order valence-electron chi connectivity index (χ4n) is 2.63. The molecule has 8 nitrogen and oxygen atoms in total. The monoisotopic (exact) mass is 465 g/mol. The molecule has 0 aromatic heterocycles. The molecule has 1 amide bonds. The molecule has 0 saturated carbocycles. The number of rotatable bonds is 9. The average Bonchev–Trinajstić information content (AvgIpc) is 2.54. The van der Waals surface area contributed by atoms with Gasteiger partial charge >= 0.3 is 34.3 Å². The number of benzene rings is 1. The number of nitrogens with one attached hydrogen (secondary N) is 1. The zero-order valence-corrected chi connectivity index (χ0v) is 17.7. The third-order valence-corrected chi connectivity index (χ3v) is 3.72. The summed E-state index contributed by atoms with van der Waals surface area (Å²) in [6.45, 7) is 6.77. The topological polar surface area (TPSA) is 124 Å². The van der Waals surface area contributed by atoms with Gasteiger partial charge in [-0.15, -0.1) is 0 Å². The van der Waals surface area contributed by atoms with Gasteiger partial charge in [0.1, 0.15) is 0 Å². The molecule has 1 aromatic carbocycles. The first-order valence-electron chi connectivity index (χ1n) is 8.35. The number of hydrogen-bond acceptors (Lipinski definition) is 5. The van der Waals surface area contributed by atoms with E-state index in [9.17, 15) is 14.4 Å². The summed E-state index contributed by atoms with van der Waals surface area (Å²) in [6, 6.07) is 5.83. The van der Waals surface area contributed by atoms with E-state index in [4.69, 9.17) is 13.7 Å². The van der Waals surface area contributed by atoms with Crippen LogP contribution in [0, 0.1) is 0 Å². The van der Waals surface area contributed by atoms with Crippen molar-refractivity contribution in [1.29, 1.82) is 0 Å². The van der Waals surface area contributed by atoms with E-state index in [1.54, 1.807) is 0 Å². The van der Waals surface area contributed by atoms with Crippen LogP contribution in [0.1, 0.15) is 50.7 Å². The third-order valence-electron chi connectivity index (χ3n) is 3.72. The van der Waals surface area contributed by atoms with Crippen LogP contribution < -0.4 is 5.32 Å². The van der Waals surface area contributed by atoms with Crippen molar-refractivity contribution in [2.45, 2.75) is 39.5 Å². The first kappa shape index (κ1) is 25.0. The van der Waals surface area contributed by atoms with Gasteiger partial charge in [0.2, 0.25) is 5.91 Å². The van der Waals surface area contributed by atoms with E-state index in [2.05, 4.69) is 5.32 Å². The van der Waals surface area contributed by atoms with Crippen molar-refractivity contribution in [3.05, 3.63) is 29.3 Å². The summed E-state index contributed by atoms with van der Waals surface area (Å²) in [4.78, 5) is 35.2. The molecule has 0 heterocycles. The van der Waals surface area contributed by atoms with Crippen LogP contribution in [-0.2, 0) is 36.7 Å². The zero-order valence-electron chi connectivity index (χ0n) is 15.9. The van der Waals surface area contributed by atoms with E-state index in [-0.39, 0.29) is 18.4 Å². The Hall–Kier alpha value is -1.96. The summed E-state index contributed by atoms with van der Waals surface area (Å²) in [5.74, 6) is -2.40. The SMILES string of the molecule is CC(C)c1cccc(C(C)C)c1NC(=O)CN(CC(=O)O)CC(=O)O.[O]=[99Tc]. The molecule has 0 fully saturated rings. The molecular weight excluding hydrogens is 439 g/mol. The normalized spacial score (nSPS) is 10.5. The average molecular weight is 465 g/mol. The van der Waals surface area contributed by atoms with E-state index in [1.807, 2.05) is 45.9 Å².